The van der Waals surface area contributed by atoms with Gasteiger partial charge in [0.05, 0.1) is 0 Å². The third-order valence-electron chi connectivity index (χ3n) is 3.44. The second-order valence-corrected chi connectivity index (χ2v) is 4.03. The van der Waals surface area contributed by atoms with Crippen LogP contribution in [0.4, 0.5) is 0 Å². The SMILES string of the molecule is CCC1CCCC2CCCN12. The van der Waals surface area contributed by atoms with E-state index in [9.17, 15) is 0 Å². The van der Waals surface area contributed by atoms with Gasteiger partial charge in [-0.05, 0) is 38.6 Å². The van der Waals surface area contributed by atoms with E-state index in [4.69, 9.17) is 0 Å². The molecule has 2 rings (SSSR count). The number of nitrogens with zero attached hydrogens (tertiary/aromatic N) is 1. The Balaban J connectivity index is 2.00. The van der Waals surface area contributed by atoms with Gasteiger partial charge < -0.3 is 0 Å². The topological polar surface area (TPSA) is 3.24 Å². The smallest absolute Gasteiger partial charge is 0.00986 e. The van der Waals surface area contributed by atoms with Crippen LogP contribution in [-0.2, 0) is 0 Å². The number of piperidine rings is 1. The van der Waals surface area contributed by atoms with Gasteiger partial charge in [0.1, 0.15) is 0 Å². The maximum atomic E-state index is 2.77. The van der Waals surface area contributed by atoms with Crippen molar-refractivity contribution in [3.8, 4) is 0 Å². The molecule has 0 aromatic heterocycles. The van der Waals surface area contributed by atoms with Gasteiger partial charge >= 0.3 is 0 Å². The van der Waals surface area contributed by atoms with Gasteiger partial charge in [0, 0.05) is 12.1 Å². The zero-order valence-corrected chi connectivity index (χ0v) is 7.55. The molecule has 1 heteroatoms. The summed E-state index contributed by atoms with van der Waals surface area (Å²) in [7, 11) is 0. The lowest BCUT2D eigenvalue weighted by molar-refractivity contribution is 0.120. The van der Waals surface area contributed by atoms with Crippen LogP contribution in [0.2, 0.25) is 0 Å². The largest absolute Gasteiger partial charge is 0.297 e. The van der Waals surface area contributed by atoms with Crippen LogP contribution in [0.25, 0.3) is 0 Å². The van der Waals surface area contributed by atoms with E-state index in [2.05, 4.69) is 11.8 Å². The molecule has 11 heavy (non-hydrogen) atoms. The van der Waals surface area contributed by atoms with Gasteiger partial charge in [0.15, 0.2) is 0 Å². The van der Waals surface area contributed by atoms with Crippen LogP contribution in [0.5, 0.6) is 0 Å². The molecule has 0 aromatic rings. The Morgan fingerprint density at radius 3 is 2.82 bits per heavy atom. The van der Waals surface area contributed by atoms with Crippen molar-refractivity contribution in [3.05, 3.63) is 0 Å². The Bertz CT molecular complexity index is 133. The molecule has 2 aliphatic rings. The Morgan fingerprint density at radius 1 is 1.18 bits per heavy atom. The van der Waals surface area contributed by atoms with E-state index < -0.39 is 0 Å². The Hall–Kier alpha value is -0.0400. The summed E-state index contributed by atoms with van der Waals surface area (Å²) in [6.45, 7) is 3.73. The maximum Gasteiger partial charge on any atom is 0.00986 e. The first-order valence-electron chi connectivity index (χ1n) is 5.17. The van der Waals surface area contributed by atoms with E-state index in [1.165, 1.54) is 45.1 Å². The third kappa shape index (κ3) is 1.31. The van der Waals surface area contributed by atoms with E-state index >= 15 is 0 Å². The van der Waals surface area contributed by atoms with Crippen LogP contribution in [0.3, 0.4) is 0 Å². The quantitative estimate of drug-likeness (QED) is 0.559. The molecule has 0 aromatic carbocycles. The lowest BCUT2D eigenvalue weighted by Crippen LogP contribution is -2.42. The lowest BCUT2D eigenvalue weighted by atomic mass is 9.95. The summed E-state index contributed by atoms with van der Waals surface area (Å²) in [6, 6.07) is 1.92. The normalized spacial score (nSPS) is 39.0. The van der Waals surface area contributed by atoms with Crippen LogP contribution in [-0.4, -0.2) is 23.5 Å². The molecule has 0 N–H and O–H groups in total. The van der Waals surface area contributed by atoms with Gasteiger partial charge in [-0.2, -0.15) is 0 Å². The van der Waals surface area contributed by atoms with Crippen molar-refractivity contribution in [1.82, 2.24) is 4.90 Å². The molecule has 0 amide bonds. The molecular weight excluding hydrogens is 134 g/mol. The van der Waals surface area contributed by atoms with Crippen LogP contribution >= 0.6 is 0 Å². The Morgan fingerprint density at radius 2 is 2.00 bits per heavy atom. The van der Waals surface area contributed by atoms with Crippen LogP contribution in [0.1, 0.15) is 45.4 Å². The van der Waals surface area contributed by atoms with Crippen molar-refractivity contribution >= 4 is 0 Å². The first-order valence-corrected chi connectivity index (χ1v) is 5.17. The Kier molecular flexibility index (Phi) is 2.17. The van der Waals surface area contributed by atoms with Crippen molar-refractivity contribution in [1.29, 1.82) is 0 Å². The third-order valence-corrected chi connectivity index (χ3v) is 3.44. The molecule has 0 aliphatic carbocycles. The van der Waals surface area contributed by atoms with E-state index in [1.807, 2.05) is 0 Å². The number of rotatable bonds is 1. The molecule has 2 fully saturated rings. The van der Waals surface area contributed by atoms with Crippen molar-refractivity contribution < 1.29 is 0 Å². The van der Waals surface area contributed by atoms with Gasteiger partial charge in [0.25, 0.3) is 0 Å². The highest BCUT2D eigenvalue weighted by Crippen LogP contribution is 2.31. The van der Waals surface area contributed by atoms with E-state index in [0.717, 1.165) is 12.1 Å². The number of fused-ring (bicyclic) bond motifs is 1. The number of hydrogen-bond donors (Lipinski definition) is 0. The average Bonchev–Trinajstić information content (AvgIpc) is 2.50. The fourth-order valence-corrected chi connectivity index (χ4v) is 2.84. The van der Waals surface area contributed by atoms with E-state index in [1.54, 1.807) is 0 Å². The minimum absolute atomic E-state index is 0.941. The summed E-state index contributed by atoms with van der Waals surface area (Å²) in [5.41, 5.74) is 0. The van der Waals surface area contributed by atoms with Crippen LogP contribution < -0.4 is 0 Å². The molecule has 2 unspecified atom stereocenters. The molecule has 2 saturated heterocycles. The Labute approximate surface area is 69.8 Å². The fraction of sp³-hybridized carbons (Fsp3) is 1.00. The molecule has 0 saturated carbocycles. The predicted molar refractivity (Wildman–Crippen MR) is 47.7 cm³/mol. The second-order valence-electron chi connectivity index (χ2n) is 4.03. The number of hydrogen-bond acceptors (Lipinski definition) is 1. The molecule has 0 spiro atoms. The summed E-state index contributed by atoms with van der Waals surface area (Å²) in [5, 5.41) is 0. The molecule has 2 heterocycles. The summed E-state index contributed by atoms with van der Waals surface area (Å²) >= 11 is 0. The van der Waals surface area contributed by atoms with E-state index in [0.29, 0.717) is 0 Å². The van der Waals surface area contributed by atoms with Crippen molar-refractivity contribution in [3.63, 3.8) is 0 Å². The fourth-order valence-electron chi connectivity index (χ4n) is 2.84. The van der Waals surface area contributed by atoms with Gasteiger partial charge in [-0.1, -0.05) is 13.3 Å². The summed E-state index contributed by atoms with van der Waals surface area (Å²) in [6.07, 6.45) is 8.75. The van der Waals surface area contributed by atoms with Crippen LogP contribution in [0, 0.1) is 0 Å². The van der Waals surface area contributed by atoms with Gasteiger partial charge in [-0.3, -0.25) is 4.90 Å². The van der Waals surface area contributed by atoms with E-state index in [-0.39, 0.29) is 0 Å². The van der Waals surface area contributed by atoms with Crippen molar-refractivity contribution in [2.45, 2.75) is 57.5 Å². The van der Waals surface area contributed by atoms with Gasteiger partial charge in [-0.15, -0.1) is 0 Å². The van der Waals surface area contributed by atoms with Gasteiger partial charge in [0.2, 0.25) is 0 Å². The summed E-state index contributed by atoms with van der Waals surface area (Å²) in [4.78, 5) is 2.77. The summed E-state index contributed by atoms with van der Waals surface area (Å²) in [5.74, 6) is 0. The van der Waals surface area contributed by atoms with Crippen LogP contribution in [0.15, 0.2) is 0 Å². The molecular formula is C10H19N. The lowest BCUT2D eigenvalue weighted by Gasteiger charge is -2.37. The molecule has 0 bridgehead atoms. The highest BCUT2D eigenvalue weighted by Gasteiger charge is 2.32. The molecule has 1 nitrogen and oxygen atoms in total. The monoisotopic (exact) mass is 153 g/mol. The molecule has 64 valence electrons. The van der Waals surface area contributed by atoms with Gasteiger partial charge in [-0.25, -0.2) is 0 Å². The molecule has 0 radical (unpaired) electrons. The summed E-state index contributed by atoms with van der Waals surface area (Å²) < 4.78 is 0. The maximum absolute atomic E-state index is 2.77. The van der Waals surface area contributed by atoms with Crippen molar-refractivity contribution in [2.75, 3.05) is 6.54 Å². The first kappa shape index (κ1) is 7.60. The minimum Gasteiger partial charge on any atom is -0.297 e. The average molecular weight is 153 g/mol. The second kappa shape index (κ2) is 3.14. The minimum atomic E-state index is 0.941. The molecule has 2 atom stereocenters. The van der Waals surface area contributed by atoms with Crippen molar-refractivity contribution in [2.24, 2.45) is 0 Å². The standard InChI is InChI=1S/C10H19N/c1-2-9-5-3-6-10-7-4-8-11(9)10/h9-10H,2-8H2,1H3. The zero-order chi connectivity index (χ0) is 7.68. The highest BCUT2D eigenvalue weighted by atomic mass is 15.2. The molecule has 2 aliphatic heterocycles. The zero-order valence-electron chi connectivity index (χ0n) is 7.55. The first-order chi connectivity index (χ1) is 5.42. The predicted octanol–water partition coefficient (Wildman–Crippen LogP) is 2.41. The highest BCUT2D eigenvalue weighted by molar-refractivity contribution is 4.88.